The van der Waals surface area contributed by atoms with Crippen LogP contribution in [0.5, 0.6) is 0 Å². The number of rotatable bonds is 5. The van der Waals surface area contributed by atoms with Gasteiger partial charge in [-0.1, -0.05) is 145 Å². The Hall–Kier alpha value is -6.90. The molecule has 11 aromatic rings. The summed E-state index contributed by atoms with van der Waals surface area (Å²) in [5.41, 5.74) is 12.3. The molecule has 0 unspecified atom stereocenters. The van der Waals surface area contributed by atoms with Crippen molar-refractivity contribution in [2.75, 3.05) is 0 Å². The van der Waals surface area contributed by atoms with Gasteiger partial charge in [0.15, 0.2) is 0 Å². The molecule has 0 radical (unpaired) electrons. The molecule has 2 heteroatoms. The van der Waals surface area contributed by atoms with Crippen LogP contribution in [0.15, 0.2) is 185 Å². The molecular weight excluding hydrogens is 645 g/mol. The maximum absolute atomic E-state index is 6.63. The van der Waals surface area contributed by atoms with Crippen LogP contribution in [0.2, 0.25) is 0 Å². The van der Waals surface area contributed by atoms with Crippen LogP contribution >= 0.6 is 0 Å². The van der Waals surface area contributed by atoms with E-state index in [2.05, 4.69) is 159 Å². The Kier molecular flexibility index (Phi) is 6.50. The van der Waals surface area contributed by atoms with Crippen molar-refractivity contribution >= 4 is 54.3 Å². The normalized spacial score (nSPS) is 11.9. The van der Waals surface area contributed by atoms with Gasteiger partial charge in [-0.25, -0.2) is 0 Å². The summed E-state index contributed by atoms with van der Waals surface area (Å²) in [6, 6.07) is 63.2. The summed E-state index contributed by atoms with van der Waals surface area (Å²) in [5.74, 6) is 1.73. The van der Waals surface area contributed by atoms with Crippen molar-refractivity contribution in [2.45, 2.75) is 6.92 Å². The van der Waals surface area contributed by atoms with Crippen LogP contribution < -0.4 is 0 Å². The Morgan fingerprint density at radius 2 is 0.717 bits per heavy atom. The minimum absolute atomic E-state index is 0.863. The van der Waals surface area contributed by atoms with Gasteiger partial charge in [-0.15, -0.1) is 0 Å². The summed E-state index contributed by atoms with van der Waals surface area (Å²) in [6.45, 7) is 2.14. The highest BCUT2D eigenvalue weighted by molar-refractivity contribution is 6.31. The van der Waals surface area contributed by atoms with E-state index in [1.54, 1.807) is 0 Å². The number of hydrogen-bond donors (Lipinski definition) is 0. The van der Waals surface area contributed by atoms with Crippen molar-refractivity contribution in [3.05, 3.63) is 181 Å². The highest BCUT2D eigenvalue weighted by atomic mass is 16.3. The van der Waals surface area contributed by atoms with Gasteiger partial charge in [0.2, 0.25) is 0 Å². The fourth-order valence-electron chi connectivity index (χ4n) is 8.31. The van der Waals surface area contributed by atoms with Gasteiger partial charge < -0.3 is 8.83 Å². The smallest absolute Gasteiger partial charge is 0.136 e. The maximum Gasteiger partial charge on any atom is 0.136 e. The predicted octanol–water partition coefficient (Wildman–Crippen LogP) is 14.7. The van der Waals surface area contributed by atoms with Crippen molar-refractivity contribution < 1.29 is 8.83 Å². The van der Waals surface area contributed by atoms with Crippen molar-refractivity contribution in [3.8, 4) is 56.0 Å². The largest absolute Gasteiger partial charge is 0.456 e. The van der Waals surface area contributed by atoms with E-state index in [-0.39, 0.29) is 0 Å². The number of furan rings is 2. The Balaban J connectivity index is 1.26. The Morgan fingerprint density at radius 3 is 1.21 bits per heavy atom. The molecule has 0 fully saturated rings. The average molecular weight is 677 g/mol. The zero-order chi connectivity index (χ0) is 35.0. The first-order valence-electron chi connectivity index (χ1n) is 18.2. The molecule has 11 rings (SSSR count). The SMILES string of the molecule is Cc1ccc(-c2cc(-c3cc4ccccc4o3)c3ccc4c(-c5ccc(-c6ccccc6)cc5)cc(-c5cc6ccccc6o5)c5ccc2c3c45)cc1. The van der Waals surface area contributed by atoms with E-state index < -0.39 is 0 Å². The minimum atomic E-state index is 0.863. The third kappa shape index (κ3) is 4.73. The Labute approximate surface area is 306 Å². The summed E-state index contributed by atoms with van der Waals surface area (Å²) in [6.07, 6.45) is 0. The van der Waals surface area contributed by atoms with Gasteiger partial charge in [-0.2, -0.15) is 0 Å². The molecule has 2 aromatic heterocycles. The first-order valence-corrected chi connectivity index (χ1v) is 18.2. The molecule has 2 nitrogen and oxygen atoms in total. The fourth-order valence-corrected chi connectivity index (χ4v) is 8.31. The van der Waals surface area contributed by atoms with Gasteiger partial charge in [0.25, 0.3) is 0 Å². The summed E-state index contributed by atoms with van der Waals surface area (Å²) in [5, 5.41) is 9.41. The van der Waals surface area contributed by atoms with Crippen LogP contribution in [-0.2, 0) is 0 Å². The molecule has 0 aliphatic rings. The van der Waals surface area contributed by atoms with Gasteiger partial charge in [-0.05, 0) is 109 Å². The number of benzene rings is 9. The van der Waals surface area contributed by atoms with E-state index in [0.29, 0.717) is 0 Å². The third-order valence-electron chi connectivity index (χ3n) is 10.9. The van der Waals surface area contributed by atoms with Crippen LogP contribution in [0.1, 0.15) is 5.56 Å². The number of hydrogen-bond acceptors (Lipinski definition) is 2. The molecule has 2 heterocycles. The molecule has 0 saturated heterocycles. The first kappa shape index (κ1) is 29.8. The lowest BCUT2D eigenvalue weighted by molar-refractivity contribution is 0.632. The summed E-state index contributed by atoms with van der Waals surface area (Å²) >= 11 is 0. The molecule has 0 spiro atoms. The zero-order valence-electron chi connectivity index (χ0n) is 29.1. The van der Waals surface area contributed by atoms with E-state index in [1.807, 2.05) is 24.3 Å². The number of fused-ring (bicyclic) bond motifs is 2. The molecule has 0 atom stereocenters. The van der Waals surface area contributed by atoms with Gasteiger partial charge in [0.1, 0.15) is 22.7 Å². The second kappa shape index (κ2) is 11.6. The van der Waals surface area contributed by atoms with Crippen molar-refractivity contribution in [3.63, 3.8) is 0 Å². The van der Waals surface area contributed by atoms with E-state index in [9.17, 15) is 0 Å². The van der Waals surface area contributed by atoms with E-state index in [1.165, 1.54) is 65.7 Å². The minimum Gasteiger partial charge on any atom is -0.456 e. The van der Waals surface area contributed by atoms with Gasteiger partial charge in [0.05, 0.1) is 0 Å². The molecular formula is C51H32O2. The number of para-hydroxylation sites is 2. The molecule has 0 saturated carbocycles. The van der Waals surface area contributed by atoms with Crippen LogP contribution in [-0.4, -0.2) is 0 Å². The van der Waals surface area contributed by atoms with Crippen LogP contribution in [0.4, 0.5) is 0 Å². The van der Waals surface area contributed by atoms with Crippen molar-refractivity contribution in [1.82, 2.24) is 0 Å². The Bertz CT molecular complexity index is 3080. The molecule has 0 N–H and O–H groups in total. The molecule has 53 heavy (non-hydrogen) atoms. The van der Waals surface area contributed by atoms with Crippen LogP contribution in [0, 0.1) is 6.92 Å². The molecule has 0 amide bonds. The quantitative estimate of drug-likeness (QED) is 0.170. The van der Waals surface area contributed by atoms with Crippen molar-refractivity contribution in [2.24, 2.45) is 0 Å². The monoisotopic (exact) mass is 676 g/mol. The molecule has 248 valence electrons. The standard InChI is InChI=1S/C51H32O2/c1-31-15-17-34(18-16-31)42-29-44(48-27-36-11-5-7-13-46(36)52-48)40-26-24-39-43(35-21-19-33(20-22-35)32-9-3-2-4-10-32)30-45(41-25-23-38(42)50(40)51(39)41)49-28-37-12-6-8-14-47(37)53-49/h2-30H,1H3. The highest BCUT2D eigenvalue weighted by Gasteiger charge is 2.23. The second-order valence-electron chi connectivity index (χ2n) is 14.1. The third-order valence-corrected chi connectivity index (χ3v) is 10.9. The molecule has 0 bridgehead atoms. The lowest BCUT2D eigenvalue weighted by atomic mass is 9.83. The van der Waals surface area contributed by atoms with Crippen molar-refractivity contribution in [1.29, 1.82) is 0 Å². The highest BCUT2D eigenvalue weighted by Crippen LogP contribution is 2.49. The summed E-state index contributed by atoms with van der Waals surface area (Å²) in [4.78, 5) is 0. The van der Waals surface area contributed by atoms with E-state index >= 15 is 0 Å². The molecule has 0 aliphatic heterocycles. The van der Waals surface area contributed by atoms with Crippen LogP contribution in [0.25, 0.3) is 110 Å². The number of aryl methyl sites for hydroxylation is 1. The Morgan fingerprint density at radius 1 is 0.321 bits per heavy atom. The second-order valence-corrected chi connectivity index (χ2v) is 14.1. The maximum atomic E-state index is 6.63. The summed E-state index contributed by atoms with van der Waals surface area (Å²) < 4.78 is 13.2. The first-order chi connectivity index (χ1) is 26.2. The lowest BCUT2D eigenvalue weighted by Crippen LogP contribution is -1.94. The molecule has 0 aliphatic carbocycles. The molecule has 9 aromatic carbocycles. The zero-order valence-corrected chi connectivity index (χ0v) is 29.1. The summed E-state index contributed by atoms with van der Waals surface area (Å²) in [7, 11) is 0. The fraction of sp³-hybridized carbons (Fsp3) is 0.0196. The van der Waals surface area contributed by atoms with Gasteiger partial charge >= 0.3 is 0 Å². The predicted molar refractivity (Wildman–Crippen MR) is 222 cm³/mol. The lowest BCUT2D eigenvalue weighted by Gasteiger charge is -2.20. The topological polar surface area (TPSA) is 26.3 Å². The average Bonchev–Trinajstić information content (AvgIpc) is 3.85. The van der Waals surface area contributed by atoms with E-state index in [4.69, 9.17) is 8.83 Å². The van der Waals surface area contributed by atoms with Gasteiger partial charge in [-0.3, -0.25) is 0 Å². The van der Waals surface area contributed by atoms with Gasteiger partial charge in [0, 0.05) is 21.9 Å². The van der Waals surface area contributed by atoms with E-state index in [0.717, 1.165) is 50.1 Å². The van der Waals surface area contributed by atoms with Crippen LogP contribution in [0.3, 0.4) is 0 Å².